The monoisotopic (exact) mass is 478 g/mol. The average molecular weight is 479 g/mol. The molecular weight excluding hydrogens is 432 g/mol. The summed E-state index contributed by atoms with van der Waals surface area (Å²) in [6, 6.07) is 8.17. The number of amides is 3. The number of likely N-dealkylation sites (N-methyl/N-ethyl adjacent to an activating group) is 2. The van der Waals surface area contributed by atoms with Crippen molar-refractivity contribution in [2.45, 2.75) is 72.3 Å². The third-order valence-electron chi connectivity index (χ3n) is 5.94. The lowest BCUT2D eigenvalue weighted by Crippen LogP contribution is -2.38. The van der Waals surface area contributed by atoms with E-state index in [0.29, 0.717) is 12.3 Å². The number of fused-ring (bicyclic) bond motifs is 1. The molecule has 1 aromatic carbocycles. The number of hydrogen-bond acceptors (Lipinski definition) is 5. The van der Waals surface area contributed by atoms with E-state index < -0.39 is 0 Å². The summed E-state index contributed by atoms with van der Waals surface area (Å²) in [7, 11) is 3.37. The van der Waals surface area contributed by atoms with Crippen molar-refractivity contribution in [2.24, 2.45) is 11.1 Å². The summed E-state index contributed by atoms with van der Waals surface area (Å²) in [6.45, 7) is 11.1. The van der Waals surface area contributed by atoms with Crippen LogP contribution in [0.3, 0.4) is 0 Å². The van der Waals surface area contributed by atoms with E-state index in [1.54, 1.807) is 21.0 Å². The Morgan fingerprint density at radius 2 is 1.76 bits per heavy atom. The van der Waals surface area contributed by atoms with Crippen LogP contribution in [0.5, 0.6) is 5.75 Å². The number of likely N-dealkylation sites (tertiary alicyclic amines) is 1. The van der Waals surface area contributed by atoms with E-state index in [9.17, 15) is 9.59 Å². The summed E-state index contributed by atoms with van der Waals surface area (Å²) in [5.41, 5.74) is 5.70. The van der Waals surface area contributed by atoms with Gasteiger partial charge in [0.1, 0.15) is 5.75 Å². The Balaban J connectivity index is 0.000000466. The number of para-hydroxylation sites is 1. The van der Waals surface area contributed by atoms with Gasteiger partial charge in [-0.3, -0.25) is 14.4 Å². The van der Waals surface area contributed by atoms with Gasteiger partial charge < -0.3 is 26.0 Å². The Morgan fingerprint density at radius 1 is 1.18 bits per heavy atom. The van der Waals surface area contributed by atoms with E-state index >= 15 is 0 Å². The Labute approximate surface area is 206 Å². The zero-order chi connectivity index (χ0) is 26.0. The van der Waals surface area contributed by atoms with Crippen molar-refractivity contribution in [3.05, 3.63) is 29.8 Å². The van der Waals surface area contributed by atoms with Crippen LogP contribution >= 0.6 is 0 Å². The maximum atomic E-state index is 11.7. The molecule has 2 heterocycles. The number of hydrogen-bond donors (Lipinski definition) is 3. The van der Waals surface area contributed by atoms with Crippen LogP contribution in [-0.4, -0.2) is 63.0 Å². The van der Waals surface area contributed by atoms with Gasteiger partial charge in [-0.05, 0) is 56.7 Å². The Bertz CT molecular complexity index is 694. The van der Waals surface area contributed by atoms with E-state index in [0.717, 1.165) is 38.3 Å². The van der Waals surface area contributed by atoms with Crippen LogP contribution < -0.4 is 21.1 Å². The first-order chi connectivity index (χ1) is 16.1. The fraction of sp³-hybridized carbons (Fsp3) is 0.654. The molecule has 8 heteroatoms. The summed E-state index contributed by atoms with van der Waals surface area (Å²) in [6.07, 6.45) is 6.76. The van der Waals surface area contributed by atoms with Gasteiger partial charge in [0.25, 0.3) is 0 Å². The lowest BCUT2D eigenvalue weighted by Gasteiger charge is -2.25. The Morgan fingerprint density at radius 3 is 2.24 bits per heavy atom. The molecule has 0 spiro atoms. The molecular formula is C26H46N4O4. The average Bonchev–Trinajstić information content (AvgIpc) is 3.39. The van der Waals surface area contributed by atoms with E-state index in [-0.39, 0.29) is 23.8 Å². The number of ether oxygens (including phenoxy) is 1. The van der Waals surface area contributed by atoms with Crippen LogP contribution in [0.1, 0.15) is 65.4 Å². The summed E-state index contributed by atoms with van der Waals surface area (Å²) in [4.78, 5) is 32.9. The van der Waals surface area contributed by atoms with Crippen LogP contribution in [0.4, 0.5) is 0 Å². The highest BCUT2D eigenvalue weighted by atomic mass is 16.5. The summed E-state index contributed by atoms with van der Waals surface area (Å²) < 4.78 is 5.42. The normalized spacial score (nSPS) is 14.8. The second kappa shape index (κ2) is 17.8. The first-order valence-electron chi connectivity index (χ1n) is 12.2. The van der Waals surface area contributed by atoms with E-state index in [4.69, 9.17) is 9.53 Å². The van der Waals surface area contributed by atoms with Gasteiger partial charge in [-0.2, -0.15) is 0 Å². The molecule has 0 radical (unpaired) electrons. The molecule has 0 aromatic heterocycles. The molecule has 0 aliphatic carbocycles. The summed E-state index contributed by atoms with van der Waals surface area (Å²) >= 11 is 0. The van der Waals surface area contributed by atoms with Crippen LogP contribution in [0.25, 0.3) is 0 Å². The Hall–Kier alpha value is -2.61. The molecule has 0 saturated carbocycles. The van der Waals surface area contributed by atoms with Gasteiger partial charge in [0.15, 0.2) is 0 Å². The lowest BCUT2D eigenvalue weighted by molar-refractivity contribution is -0.132. The standard InChI is InChI=1S/C11H21NO.C9H10O.C5H12N2O.CH3NO/c1-4-11(2,3)9-10(13)12-7-5-6-8-12;1-2-6-9-8(4-1)5-3-7-10-9;1-4(6-2)5(8)7-3;2-1-3/h4-9H2,1-3H3;1-2,4,6H,3,5,7H2;4,6H,1-3H3,(H,7,8);1H,(H2,2,3). The number of benzene rings is 1. The van der Waals surface area contributed by atoms with Gasteiger partial charge >= 0.3 is 0 Å². The quantitative estimate of drug-likeness (QED) is 0.563. The van der Waals surface area contributed by atoms with Crippen molar-refractivity contribution in [2.75, 3.05) is 33.8 Å². The zero-order valence-electron chi connectivity index (χ0n) is 22.0. The van der Waals surface area contributed by atoms with Crippen molar-refractivity contribution in [3.63, 3.8) is 0 Å². The summed E-state index contributed by atoms with van der Waals surface area (Å²) in [5.74, 6) is 1.45. The first kappa shape index (κ1) is 31.4. The van der Waals surface area contributed by atoms with Crippen molar-refractivity contribution in [1.29, 1.82) is 0 Å². The molecule has 1 saturated heterocycles. The minimum Gasteiger partial charge on any atom is -0.493 e. The third-order valence-corrected chi connectivity index (χ3v) is 5.94. The van der Waals surface area contributed by atoms with Crippen LogP contribution in [0.15, 0.2) is 24.3 Å². The molecule has 0 bridgehead atoms. The maximum absolute atomic E-state index is 11.7. The molecule has 194 valence electrons. The van der Waals surface area contributed by atoms with Gasteiger partial charge in [0, 0.05) is 26.6 Å². The number of carbonyl (C=O) groups is 3. The summed E-state index contributed by atoms with van der Waals surface area (Å²) in [5, 5.41) is 5.32. The third kappa shape index (κ3) is 13.2. The largest absolute Gasteiger partial charge is 0.493 e. The fourth-order valence-electron chi connectivity index (χ4n) is 3.26. The number of aryl methyl sites for hydroxylation is 1. The molecule has 1 fully saturated rings. The smallest absolute Gasteiger partial charge is 0.236 e. The molecule has 2 aliphatic heterocycles. The maximum Gasteiger partial charge on any atom is 0.236 e. The molecule has 1 aromatic rings. The van der Waals surface area contributed by atoms with Gasteiger partial charge in [-0.15, -0.1) is 0 Å². The molecule has 3 rings (SSSR count). The zero-order valence-corrected chi connectivity index (χ0v) is 22.0. The number of primary amides is 1. The number of nitrogens with two attached hydrogens (primary N) is 1. The lowest BCUT2D eigenvalue weighted by atomic mass is 9.86. The highest BCUT2D eigenvalue weighted by Gasteiger charge is 2.25. The van der Waals surface area contributed by atoms with Gasteiger partial charge in [0.05, 0.1) is 12.6 Å². The second-order valence-electron chi connectivity index (χ2n) is 9.10. The van der Waals surface area contributed by atoms with Gasteiger partial charge in [-0.1, -0.05) is 45.4 Å². The molecule has 3 amide bonds. The highest BCUT2D eigenvalue weighted by molar-refractivity contribution is 5.80. The molecule has 2 aliphatic rings. The predicted molar refractivity (Wildman–Crippen MR) is 138 cm³/mol. The number of carbonyl (C=O) groups excluding carboxylic acids is 3. The van der Waals surface area contributed by atoms with Gasteiger partial charge in [0.2, 0.25) is 18.2 Å². The van der Waals surface area contributed by atoms with Crippen LogP contribution in [-0.2, 0) is 20.8 Å². The topological polar surface area (TPSA) is 114 Å². The van der Waals surface area contributed by atoms with Crippen molar-refractivity contribution < 1.29 is 19.1 Å². The van der Waals surface area contributed by atoms with E-state index in [1.807, 2.05) is 17.0 Å². The van der Waals surface area contributed by atoms with E-state index in [2.05, 4.69) is 49.3 Å². The van der Waals surface area contributed by atoms with Crippen LogP contribution in [0.2, 0.25) is 0 Å². The van der Waals surface area contributed by atoms with Crippen LogP contribution in [0, 0.1) is 5.41 Å². The Kier molecular flexibility index (Phi) is 16.4. The predicted octanol–water partition coefficient (Wildman–Crippen LogP) is 2.89. The van der Waals surface area contributed by atoms with Crippen molar-refractivity contribution in [1.82, 2.24) is 15.5 Å². The van der Waals surface area contributed by atoms with E-state index in [1.165, 1.54) is 24.8 Å². The molecule has 1 atom stereocenters. The van der Waals surface area contributed by atoms with Gasteiger partial charge in [-0.25, -0.2) is 0 Å². The molecule has 4 N–H and O–H groups in total. The molecule has 1 unspecified atom stereocenters. The minimum absolute atomic E-state index is 0.0208. The van der Waals surface area contributed by atoms with Crippen molar-refractivity contribution in [3.8, 4) is 5.75 Å². The fourth-order valence-corrected chi connectivity index (χ4v) is 3.26. The first-order valence-corrected chi connectivity index (χ1v) is 12.2. The molecule has 34 heavy (non-hydrogen) atoms. The number of nitrogens with zero attached hydrogens (tertiary/aromatic N) is 1. The second-order valence-corrected chi connectivity index (χ2v) is 9.10. The highest BCUT2D eigenvalue weighted by Crippen LogP contribution is 2.26. The number of rotatable bonds is 5. The SMILES string of the molecule is CCC(C)(C)CC(=O)N1CCCC1.CNC(=O)C(C)NC.NC=O.c1ccc2c(c1)CCCO2. The van der Waals surface area contributed by atoms with Crippen molar-refractivity contribution >= 4 is 18.2 Å². The number of nitrogens with one attached hydrogen (secondary N) is 2. The molecule has 8 nitrogen and oxygen atoms in total. The minimum atomic E-state index is -0.0833.